The topological polar surface area (TPSA) is 23.6 Å². The van der Waals surface area contributed by atoms with Crippen LogP contribution < -0.4 is 5.01 Å². The molecule has 0 atom stereocenters. The highest BCUT2D eigenvalue weighted by molar-refractivity contribution is 6.09. The van der Waals surface area contributed by atoms with E-state index < -0.39 is 0 Å². The Kier molecular flexibility index (Phi) is 1.55. The predicted molar refractivity (Wildman–Crippen MR) is 58.5 cm³/mol. The van der Waals surface area contributed by atoms with Gasteiger partial charge in [0.2, 0.25) is 0 Å². The molecule has 1 spiro atoms. The van der Waals surface area contributed by atoms with Crippen molar-refractivity contribution in [2.45, 2.75) is 18.3 Å². The molecule has 0 saturated heterocycles. The lowest BCUT2D eigenvalue weighted by molar-refractivity contribution is -0.122. The SMILES string of the molecule is CN(C)N1C(=O)C2(CC2)c2ccccc21. The van der Waals surface area contributed by atoms with Gasteiger partial charge in [-0.05, 0) is 24.5 Å². The number of hydrogen-bond acceptors (Lipinski definition) is 2. The van der Waals surface area contributed by atoms with E-state index in [4.69, 9.17) is 0 Å². The fourth-order valence-corrected chi connectivity index (χ4v) is 2.50. The second-order valence-electron chi connectivity index (χ2n) is 4.56. The fraction of sp³-hybridized carbons (Fsp3) is 0.417. The quantitative estimate of drug-likeness (QED) is 0.689. The fourth-order valence-electron chi connectivity index (χ4n) is 2.50. The highest BCUT2D eigenvalue weighted by Crippen LogP contribution is 2.57. The third-order valence-electron chi connectivity index (χ3n) is 3.40. The number of carbonyl (C=O) groups excluding carboxylic acids is 1. The Morgan fingerprint density at radius 3 is 2.53 bits per heavy atom. The molecule has 1 heterocycles. The van der Waals surface area contributed by atoms with Gasteiger partial charge in [-0.2, -0.15) is 0 Å². The monoisotopic (exact) mass is 202 g/mol. The van der Waals surface area contributed by atoms with Crippen molar-refractivity contribution in [1.82, 2.24) is 5.01 Å². The minimum atomic E-state index is -0.166. The Hall–Kier alpha value is -1.35. The number of hydrogen-bond donors (Lipinski definition) is 0. The molecular weight excluding hydrogens is 188 g/mol. The van der Waals surface area contributed by atoms with Gasteiger partial charge in [0, 0.05) is 14.1 Å². The zero-order valence-corrected chi connectivity index (χ0v) is 9.03. The van der Waals surface area contributed by atoms with E-state index in [1.807, 2.05) is 37.3 Å². The molecule has 0 N–H and O–H groups in total. The summed E-state index contributed by atoms with van der Waals surface area (Å²) in [5.41, 5.74) is 2.11. The number of hydrazine groups is 1. The second-order valence-corrected chi connectivity index (χ2v) is 4.56. The van der Waals surface area contributed by atoms with Gasteiger partial charge >= 0.3 is 0 Å². The van der Waals surface area contributed by atoms with Crippen LogP contribution in [0.3, 0.4) is 0 Å². The van der Waals surface area contributed by atoms with Crippen molar-refractivity contribution in [3.05, 3.63) is 29.8 Å². The molecule has 1 aromatic carbocycles. The molecule has 3 rings (SSSR count). The first-order valence-corrected chi connectivity index (χ1v) is 5.28. The molecule has 0 aromatic heterocycles. The van der Waals surface area contributed by atoms with E-state index in [9.17, 15) is 4.79 Å². The van der Waals surface area contributed by atoms with Crippen molar-refractivity contribution in [3.63, 3.8) is 0 Å². The molecule has 0 radical (unpaired) electrons. The minimum Gasteiger partial charge on any atom is -0.272 e. The van der Waals surface area contributed by atoms with Crippen LogP contribution in [0.2, 0.25) is 0 Å². The number of anilines is 1. The van der Waals surface area contributed by atoms with Crippen LogP contribution in [0, 0.1) is 0 Å². The van der Waals surface area contributed by atoms with Crippen LogP contribution in [0.15, 0.2) is 24.3 Å². The summed E-state index contributed by atoms with van der Waals surface area (Å²) in [5.74, 6) is 0.244. The van der Waals surface area contributed by atoms with Gasteiger partial charge in [-0.3, -0.25) is 4.79 Å². The first kappa shape index (κ1) is 8.92. The van der Waals surface area contributed by atoms with E-state index in [0.717, 1.165) is 18.5 Å². The molecule has 1 aromatic rings. The molecule has 0 bridgehead atoms. The largest absolute Gasteiger partial charge is 0.272 e. The average Bonchev–Trinajstić information content (AvgIpc) is 2.94. The van der Waals surface area contributed by atoms with E-state index in [-0.39, 0.29) is 11.3 Å². The maximum Gasteiger partial charge on any atom is 0.252 e. The summed E-state index contributed by atoms with van der Waals surface area (Å²) < 4.78 is 0. The summed E-state index contributed by atoms with van der Waals surface area (Å²) in [5, 5.41) is 3.66. The zero-order chi connectivity index (χ0) is 10.6. The number of para-hydroxylation sites is 1. The molecule has 3 nitrogen and oxygen atoms in total. The predicted octanol–water partition coefficient (Wildman–Crippen LogP) is 1.54. The van der Waals surface area contributed by atoms with Gasteiger partial charge in [0.15, 0.2) is 0 Å². The highest BCUT2D eigenvalue weighted by Gasteiger charge is 2.59. The van der Waals surface area contributed by atoms with Crippen molar-refractivity contribution in [3.8, 4) is 0 Å². The molecule has 15 heavy (non-hydrogen) atoms. The number of benzene rings is 1. The van der Waals surface area contributed by atoms with E-state index >= 15 is 0 Å². The standard InChI is InChI=1S/C12H14N2O/c1-13(2)14-10-6-4-3-5-9(10)12(7-8-12)11(14)15/h3-6H,7-8H2,1-2H3. The molecule has 3 heteroatoms. The molecule has 1 aliphatic heterocycles. The van der Waals surface area contributed by atoms with Gasteiger partial charge in [-0.1, -0.05) is 18.2 Å². The first-order chi connectivity index (χ1) is 7.17. The van der Waals surface area contributed by atoms with Gasteiger partial charge in [-0.25, -0.2) is 10.0 Å². The van der Waals surface area contributed by atoms with Crippen LogP contribution in [0.5, 0.6) is 0 Å². The third kappa shape index (κ3) is 0.960. The van der Waals surface area contributed by atoms with Crippen molar-refractivity contribution in [2.75, 3.05) is 19.1 Å². The number of carbonyl (C=O) groups is 1. The van der Waals surface area contributed by atoms with E-state index in [0.29, 0.717) is 0 Å². The lowest BCUT2D eigenvalue weighted by atomic mass is 9.98. The second kappa shape index (κ2) is 2.61. The number of amides is 1. The summed E-state index contributed by atoms with van der Waals surface area (Å²) >= 11 is 0. The van der Waals surface area contributed by atoms with Gasteiger partial charge in [-0.15, -0.1) is 0 Å². The number of rotatable bonds is 1. The van der Waals surface area contributed by atoms with Crippen LogP contribution >= 0.6 is 0 Å². The summed E-state index contributed by atoms with van der Waals surface area (Å²) in [6.07, 6.45) is 2.01. The zero-order valence-electron chi connectivity index (χ0n) is 9.03. The van der Waals surface area contributed by atoms with Crippen molar-refractivity contribution < 1.29 is 4.79 Å². The Morgan fingerprint density at radius 2 is 1.93 bits per heavy atom. The Morgan fingerprint density at radius 1 is 1.27 bits per heavy atom. The number of fused-ring (bicyclic) bond motifs is 2. The van der Waals surface area contributed by atoms with Crippen LogP contribution in [0.1, 0.15) is 18.4 Å². The van der Waals surface area contributed by atoms with Crippen LogP contribution in [0.4, 0.5) is 5.69 Å². The van der Waals surface area contributed by atoms with Gasteiger partial charge in [0.25, 0.3) is 5.91 Å². The summed E-state index contributed by atoms with van der Waals surface area (Å²) in [7, 11) is 3.83. The number of nitrogens with zero attached hydrogens (tertiary/aromatic N) is 2. The maximum absolute atomic E-state index is 12.3. The minimum absolute atomic E-state index is 0.166. The lowest BCUT2D eigenvalue weighted by Crippen LogP contribution is -2.42. The van der Waals surface area contributed by atoms with E-state index in [2.05, 4.69) is 6.07 Å². The summed E-state index contributed by atoms with van der Waals surface area (Å²) in [6.45, 7) is 0. The van der Waals surface area contributed by atoms with Crippen LogP contribution in [-0.2, 0) is 10.2 Å². The van der Waals surface area contributed by atoms with Crippen LogP contribution in [0.25, 0.3) is 0 Å². The van der Waals surface area contributed by atoms with Gasteiger partial charge < -0.3 is 0 Å². The molecular formula is C12H14N2O. The Bertz CT molecular complexity index is 435. The average molecular weight is 202 g/mol. The van der Waals surface area contributed by atoms with Gasteiger partial charge in [0.05, 0.1) is 11.1 Å². The van der Waals surface area contributed by atoms with Gasteiger partial charge in [0.1, 0.15) is 0 Å². The highest BCUT2D eigenvalue weighted by atomic mass is 16.2. The molecule has 1 fully saturated rings. The van der Waals surface area contributed by atoms with Crippen molar-refractivity contribution in [2.24, 2.45) is 0 Å². The summed E-state index contributed by atoms with van der Waals surface area (Å²) in [4.78, 5) is 12.3. The van der Waals surface area contributed by atoms with Crippen molar-refractivity contribution in [1.29, 1.82) is 0 Å². The molecule has 0 unspecified atom stereocenters. The maximum atomic E-state index is 12.3. The lowest BCUT2D eigenvalue weighted by Gasteiger charge is -2.24. The van der Waals surface area contributed by atoms with Crippen molar-refractivity contribution >= 4 is 11.6 Å². The van der Waals surface area contributed by atoms with Crippen LogP contribution in [-0.4, -0.2) is 25.0 Å². The normalized spacial score (nSPS) is 21.3. The van der Waals surface area contributed by atoms with E-state index in [1.165, 1.54) is 5.56 Å². The summed E-state index contributed by atoms with van der Waals surface area (Å²) in [6, 6.07) is 8.12. The molecule has 2 aliphatic rings. The molecule has 78 valence electrons. The smallest absolute Gasteiger partial charge is 0.252 e. The molecule has 1 aliphatic carbocycles. The Balaban J connectivity index is 2.19. The molecule has 1 amide bonds. The Labute approximate surface area is 89.3 Å². The third-order valence-corrected chi connectivity index (χ3v) is 3.40. The van der Waals surface area contributed by atoms with E-state index in [1.54, 1.807) is 5.01 Å². The molecule has 1 saturated carbocycles. The first-order valence-electron chi connectivity index (χ1n) is 5.28.